The van der Waals surface area contributed by atoms with Gasteiger partial charge in [-0.25, -0.2) is 4.98 Å². The summed E-state index contributed by atoms with van der Waals surface area (Å²) in [6.07, 6.45) is 1.95. The monoisotopic (exact) mass is 539 g/mol. The lowest BCUT2D eigenvalue weighted by Gasteiger charge is -2.29. The molecule has 1 aromatic heterocycles. The van der Waals surface area contributed by atoms with E-state index in [0.717, 1.165) is 41.5 Å². The second-order valence-electron chi connectivity index (χ2n) is 8.67. The average Bonchev–Trinajstić information content (AvgIpc) is 3.47. The Morgan fingerprint density at radius 2 is 2.03 bits per heavy atom. The van der Waals surface area contributed by atoms with Crippen LogP contribution in [0.2, 0.25) is 0 Å². The number of carbonyl (C=O) groups is 2. The van der Waals surface area contributed by atoms with Crippen LogP contribution in [0.3, 0.4) is 0 Å². The molecule has 2 amide bonds. The van der Waals surface area contributed by atoms with Gasteiger partial charge in [0.2, 0.25) is 11.9 Å². The number of amides is 2. The van der Waals surface area contributed by atoms with Gasteiger partial charge in [0.05, 0.1) is 12.2 Å². The zero-order valence-electron chi connectivity index (χ0n) is 19.2. The van der Waals surface area contributed by atoms with E-state index in [2.05, 4.69) is 46.8 Å². The molecule has 10 nitrogen and oxygen atoms in total. The number of H-pyrrole nitrogens is 1. The fourth-order valence-electron chi connectivity index (χ4n) is 4.66. The SMILES string of the molecule is Cc1ccc(Br)cc1C1(C(N)=O)NCN=C1C(=O)Nc1nc2c(OC3CCNCC3)cccc2[nH]1. The Hall–Kier alpha value is -3.28. The zero-order chi connectivity index (χ0) is 24.6. The van der Waals surface area contributed by atoms with Gasteiger partial charge in [-0.15, -0.1) is 0 Å². The van der Waals surface area contributed by atoms with Gasteiger partial charge >= 0.3 is 0 Å². The molecule has 0 radical (unpaired) electrons. The number of piperidine rings is 1. The van der Waals surface area contributed by atoms with E-state index in [-0.39, 0.29) is 24.4 Å². The Morgan fingerprint density at radius 1 is 1.23 bits per heavy atom. The van der Waals surface area contributed by atoms with Crippen molar-refractivity contribution in [3.63, 3.8) is 0 Å². The summed E-state index contributed by atoms with van der Waals surface area (Å²) in [6.45, 7) is 3.76. The third-order valence-corrected chi connectivity index (χ3v) is 6.91. The van der Waals surface area contributed by atoms with Crippen molar-refractivity contribution in [3.05, 3.63) is 52.0 Å². The minimum Gasteiger partial charge on any atom is -0.488 e. The number of nitrogens with two attached hydrogens (primary N) is 1. The number of carbonyl (C=O) groups excluding carboxylic acids is 2. The van der Waals surface area contributed by atoms with E-state index >= 15 is 0 Å². The Morgan fingerprint density at radius 3 is 2.80 bits per heavy atom. The average molecular weight is 540 g/mol. The highest BCUT2D eigenvalue weighted by molar-refractivity contribution is 9.10. The Labute approximate surface area is 210 Å². The van der Waals surface area contributed by atoms with E-state index in [1.165, 1.54) is 0 Å². The molecule has 1 fully saturated rings. The number of ether oxygens (including phenoxy) is 1. The number of benzene rings is 2. The number of fused-ring (bicyclic) bond motifs is 1. The highest BCUT2D eigenvalue weighted by Gasteiger charge is 2.50. The number of aromatic nitrogens is 2. The van der Waals surface area contributed by atoms with Gasteiger partial charge in [0.25, 0.3) is 5.91 Å². The summed E-state index contributed by atoms with van der Waals surface area (Å²) in [6, 6.07) is 11.1. The van der Waals surface area contributed by atoms with Crippen molar-refractivity contribution in [3.8, 4) is 5.75 Å². The molecule has 1 saturated heterocycles. The van der Waals surface area contributed by atoms with Gasteiger partial charge < -0.3 is 20.8 Å². The number of halogens is 1. The maximum absolute atomic E-state index is 13.4. The van der Waals surface area contributed by atoms with Crippen LogP contribution in [0.15, 0.2) is 45.9 Å². The number of aromatic amines is 1. The number of anilines is 1. The van der Waals surface area contributed by atoms with Gasteiger partial charge in [-0.1, -0.05) is 28.1 Å². The molecular formula is C24H26BrN7O3. The third kappa shape index (κ3) is 4.30. The lowest BCUT2D eigenvalue weighted by atomic mass is 9.82. The van der Waals surface area contributed by atoms with Crippen molar-refractivity contribution in [2.45, 2.75) is 31.4 Å². The first-order valence-electron chi connectivity index (χ1n) is 11.4. The number of nitrogens with zero attached hydrogens (tertiary/aromatic N) is 2. The maximum Gasteiger partial charge on any atom is 0.274 e. The molecule has 0 aliphatic carbocycles. The number of rotatable bonds is 6. The molecule has 3 heterocycles. The first-order chi connectivity index (χ1) is 16.9. The van der Waals surface area contributed by atoms with Gasteiger partial charge in [0.15, 0.2) is 5.54 Å². The molecule has 2 aromatic carbocycles. The molecule has 0 bridgehead atoms. The number of hydrogen-bond acceptors (Lipinski definition) is 7. The first kappa shape index (κ1) is 23.5. The third-order valence-electron chi connectivity index (χ3n) is 6.41. The molecular weight excluding hydrogens is 514 g/mol. The summed E-state index contributed by atoms with van der Waals surface area (Å²) in [4.78, 5) is 38.1. The molecule has 1 unspecified atom stereocenters. The molecule has 1 atom stereocenters. The smallest absolute Gasteiger partial charge is 0.274 e. The van der Waals surface area contributed by atoms with Crippen molar-refractivity contribution >= 4 is 50.4 Å². The van der Waals surface area contributed by atoms with Crippen LogP contribution in [-0.4, -0.2) is 53.4 Å². The van der Waals surface area contributed by atoms with Crippen LogP contribution in [0.1, 0.15) is 24.0 Å². The second kappa shape index (κ2) is 9.40. The van der Waals surface area contributed by atoms with E-state index in [0.29, 0.717) is 16.8 Å². The molecule has 5 rings (SSSR count). The van der Waals surface area contributed by atoms with Crippen LogP contribution >= 0.6 is 15.9 Å². The molecule has 3 aromatic rings. The number of primary amides is 1. The predicted molar refractivity (Wildman–Crippen MR) is 136 cm³/mol. The van der Waals surface area contributed by atoms with Crippen molar-refractivity contribution in [1.29, 1.82) is 0 Å². The molecule has 11 heteroatoms. The highest BCUT2D eigenvalue weighted by atomic mass is 79.9. The van der Waals surface area contributed by atoms with Crippen LogP contribution in [0, 0.1) is 6.92 Å². The molecule has 2 aliphatic heterocycles. The normalized spacial score (nSPS) is 20.6. The molecule has 0 spiro atoms. The molecule has 6 N–H and O–H groups in total. The fourth-order valence-corrected chi connectivity index (χ4v) is 5.02. The second-order valence-corrected chi connectivity index (χ2v) is 9.59. The van der Waals surface area contributed by atoms with Crippen molar-refractivity contribution in [2.75, 3.05) is 25.1 Å². The zero-order valence-corrected chi connectivity index (χ0v) is 20.7. The van der Waals surface area contributed by atoms with E-state index in [9.17, 15) is 9.59 Å². The summed E-state index contributed by atoms with van der Waals surface area (Å²) in [5.41, 5.74) is 6.98. The minimum atomic E-state index is -1.56. The topological polar surface area (TPSA) is 147 Å². The number of aliphatic imine (C=N–C) groups is 1. The van der Waals surface area contributed by atoms with Crippen LogP contribution in [0.25, 0.3) is 11.0 Å². The van der Waals surface area contributed by atoms with E-state index in [1.54, 1.807) is 6.07 Å². The largest absolute Gasteiger partial charge is 0.488 e. The number of para-hydroxylation sites is 1. The van der Waals surface area contributed by atoms with Crippen LogP contribution in [0.5, 0.6) is 5.75 Å². The Kier molecular flexibility index (Phi) is 6.30. The van der Waals surface area contributed by atoms with Gasteiger partial charge in [0.1, 0.15) is 23.1 Å². The molecule has 0 saturated carbocycles. The number of hydrogen-bond donors (Lipinski definition) is 5. The van der Waals surface area contributed by atoms with Crippen LogP contribution in [0.4, 0.5) is 5.95 Å². The first-order valence-corrected chi connectivity index (χ1v) is 12.2. The Balaban J connectivity index is 1.43. The standard InChI is InChI=1S/C24H26BrN7O3/c1-13-5-6-14(25)11-16(13)24(22(26)34)20(28-12-29-24)21(33)32-23-30-17-3-2-4-18(19(17)31-23)35-15-7-9-27-10-8-15/h2-6,11,15,27,29H,7-10,12H2,1H3,(H2,26,34)(H2,30,31,32,33). The molecule has 182 valence electrons. The summed E-state index contributed by atoms with van der Waals surface area (Å²) in [5.74, 6) is -0.409. The van der Waals surface area contributed by atoms with E-state index in [1.807, 2.05) is 37.3 Å². The van der Waals surface area contributed by atoms with Gasteiger partial charge in [-0.3, -0.25) is 25.2 Å². The summed E-state index contributed by atoms with van der Waals surface area (Å²) < 4.78 is 6.95. The van der Waals surface area contributed by atoms with Gasteiger partial charge in [0, 0.05) is 4.47 Å². The van der Waals surface area contributed by atoms with Crippen molar-refractivity contribution in [2.24, 2.45) is 10.7 Å². The van der Waals surface area contributed by atoms with Crippen LogP contribution in [-0.2, 0) is 15.1 Å². The number of imidazole rings is 1. The van der Waals surface area contributed by atoms with E-state index in [4.69, 9.17) is 10.5 Å². The summed E-state index contributed by atoms with van der Waals surface area (Å²) >= 11 is 3.44. The Bertz CT molecular complexity index is 1330. The van der Waals surface area contributed by atoms with Gasteiger partial charge in [-0.05, 0) is 68.2 Å². The van der Waals surface area contributed by atoms with Crippen LogP contribution < -0.4 is 26.4 Å². The highest BCUT2D eigenvalue weighted by Crippen LogP contribution is 2.32. The lowest BCUT2D eigenvalue weighted by Crippen LogP contribution is -2.58. The van der Waals surface area contributed by atoms with Crippen molar-refractivity contribution < 1.29 is 14.3 Å². The maximum atomic E-state index is 13.4. The van der Waals surface area contributed by atoms with E-state index < -0.39 is 17.4 Å². The summed E-state index contributed by atoms with van der Waals surface area (Å²) in [5, 5.41) is 9.11. The predicted octanol–water partition coefficient (Wildman–Crippen LogP) is 2.09. The fraction of sp³-hybridized carbons (Fsp3) is 0.333. The van der Waals surface area contributed by atoms with Gasteiger partial charge in [-0.2, -0.15) is 0 Å². The lowest BCUT2D eigenvalue weighted by molar-refractivity contribution is -0.123. The molecule has 35 heavy (non-hydrogen) atoms. The number of nitrogens with one attached hydrogen (secondary N) is 4. The summed E-state index contributed by atoms with van der Waals surface area (Å²) in [7, 11) is 0. The van der Waals surface area contributed by atoms with Crippen molar-refractivity contribution in [1.82, 2.24) is 20.6 Å². The minimum absolute atomic E-state index is 0.0159. The molecule has 2 aliphatic rings. The quantitative estimate of drug-likeness (QED) is 0.324. The number of aryl methyl sites for hydroxylation is 1.